The molecule has 2 heterocycles. The second kappa shape index (κ2) is 7.92. The van der Waals surface area contributed by atoms with Crippen LogP contribution in [0.4, 0.5) is 13.2 Å². The van der Waals surface area contributed by atoms with E-state index in [1.807, 2.05) is 17.9 Å². The number of morpholine rings is 1. The molecule has 0 N–H and O–H groups in total. The summed E-state index contributed by atoms with van der Waals surface area (Å²) in [6, 6.07) is 9.42. The molecule has 1 aliphatic rings. The Hall–Kier alpha value is -2.32. The number of pyridine rings is 1. The van der Waals surface area contributed by atoms with Crippen molar-refractivity contribution in [3.05, 3.63) is 53.9 Å². The van der Waals surface area contributed by atoms with Gasteiger partial charge in [0.2, 0.25) is 0 Å². The number of aromatic nitrogens is 1. The fraction of sp³-hybridized carbons (Fsp3) is 0.389. The monoisotopic (exact) mass is 368 g/mol. The fourth-order valence-corrected chi connectivity index (χ4v) is 2.75. The van der Waals surface area contributed by atoms with Crippen molar-refractivity contribution in [3.8, 4) is 11.5 Å². The van der Waals surface area contributed by atoms with Gasteiger partial charge < -0.3 is 14.2 Å². The minimum Gasteiger partial charge on any atom is -0.465 e. The van der Waals surface area contributed by atoms with Gasteiger partial charge in [-0.2, -0.15) is 0 Å². The Balaban J connectivity index is 1.93. The van der Waals surface area contributed by atoms with Crippen molar-refractivity contribution >= 4 is 0 Å². The predicted octanol–water partition coefficient (Wildman–Crippen LogP) is 3.70. The van der Waals surface area contributed by atoms with E-state index < -0.39 is 12.6 Å². The molecule has 1 atom stereocenters. The van der Waals surface area contributed by atoms with Crippen molar-refractivity contribution in [1.29, 1.82) is 0 Å². The Kier molecular flexibility index (Phi) is 5.63. The lowest BCUT2D eigenvalue weighted by molar-refractivity contribution is -0.275. The van der Waals surface area contributed by atoms with Crippen LogP contribution in [0.3, 0.4) is 0 Å². The highest BCUT2D eigenvalue weighted by Gasteiger charge is 2.34. The van der Waals surface area contributed by atoms with Crippen LogP contribution in [-0.4, -0.2) is 42.5 Å². The van der Waals surface area contributed by atoms with Crippen LogP contribution < -0.4 is 9.47 Å². The molecule has 8 heteroatoms. The summed E-state index contributed by atoms with van der Waals surface area (Å²) < 4.78 is 53.5. The molecule has 0 bridgehead atoms. The number of nitrogens with zero attached hydrogens (tertiary/aromatic N) is 2. The van der Waals surface area contributed by atoms with Crippen LogP contribution in [0, 0.1) is 6.92 Å². The van der Waals surface area contributed by atoms with E-state index in [2.05, 4.69) is 9.72 Å². The molecule has 0 saturated carbocycles. The van der Waals surface area contributed by atoms with Gasteiger partial charge >= 0.3 is 6.36 Å². The van der Waals surface area contributed by atoms with Crippen LogP contribution >= 0.6 is 0 Å². The molecular formula is C18H19F3N2O3. The van der Waals surface area contributed by atoms with E-state index in [-0.39, 0.29) is 11.5 Å². The summed E-state index contributed by atoms with van der Waals surface area (Å²) >= 11 is 0. The Morgan fingerprint density at radius 2 is 1.77 bits per heavy atom. The zero-order valence-electron chi connectivity index (χ0n) is 14.2. The Bertz CT molecular complexity index is 734. The lowest BCUT2D eigenvalue weighted by atomic mass is 10.1. The maximum Gasteiger partial charge on any atom is 0.573 e. The molecule has 0 amide bonds. The first kappa shape index (κ1) is 18.5. The normalized spacial score (nSPS) is 16.9. The smallest absolute Gasteiger partial charge is 0.465 e. The van der Waals surface area contributed by atoms with Gasteiger partial charge in [0, 0.05) is 19.3 Å². The summed E-state index contributed by atoms with van der Waals surface area (Å²) in [7, 11) is 0. The molecule has 2 aromatic rings. The van der Waals surface area contributed by atoms with E-state index in [9.17, 15) is 13.2 Å². The van der Waals surface area contributed by atoms with Crippen LogP contribution in [0.25, 0.3) is 0 Å². The number of ether oxygens (including phenoxy) is 3. The minimum atomic E-state index is -4.80. The highest BCUT2D eigenvalue weighted by molar-refractivity contribution is 5.40. The van der Waals surface area contributed by atoms with E-state index in [4.69, 9.17) is 9.47 Å². The average molecular weight is 368 g/mol. The number of hydrogen-bond acceptors (Lipinski definition) is 5. The molecule has 3 rings (SSSR count). The average Bonchev–Trinajstić information content (AvgIpc) is 2.61. The minimum absolute atomic E-state index is 0.00590. The summed E-state index contributed by atoms with van der Waals surface area (Å²) in [4.78, 5) is 6.37. The Morgan fingerprint density at radius 3 is 2.42 bits per heavy atom. The van der Waals surface area contributed by atoms with E-state index >= 15 is 0 Å². The van der Waals surface area contributed by atoms with Crippen molar-refractivity contribution < 1.29 is 27.4 Å². The Morgan fingerprint density at radius 1 is 1.08 bits per heavy atom. The molecule has 0 aliphatic carbocycles. The molecular weight excluding hydrogens is 349 g/mol. The van der Waals surface area contributed by atoms with Crippen molar-refractivity contribution in [1.82, 2.24) is 9.88 Å². The van der Waals surface area contributed by atoms with Gasteiger partial charge in [0.05, 0.1) is 18.9 Å². The molecule has 0 spiro atoms. The summed E-state index contributed by atoms with van der Waals surface area (Å²) in [5, 5.41) is 0. The largest absolute Gasteiger partial charge is 0.573 e. The van der Waals surface area contributed by atoms with Crippen molar-refractivity contribution in [2.75, 3.05) is 26.3 Å². The maximum absolute atomic E-state index is 12.7. The van der Waals surface area contributed by atoms with Gasteiger partial charge in [-0.15, -0.1) is 13.2 Å². The van der Waals surface area contributed by atoms with Gasteiger partial charge in [0.1, 0.15) is 0 Å². The lowest BCUT2D eigenvalue weighted by Gasteiger charge is -2.34. The zero-order chi connectivity index (χ0) is 18.6. The van der Waals surface area contributed by atoms with Gasteiger partial charge in [0.15, 0.2) is 17.7 Å². The maximum atomic E-state index is 12.7. The number of alkyl halides is 3. The SMILES string of the molecule is Cc1cccnc1[C@H](Oc1ccccc1OC(F)(F)F)N1CCOCC1. The number of aryl methyl sites for hydroxylation is 1. The van der Waals surface area contributed by atoms with E-state index in [1.54, 1.807) is 18.3 Å². The quantitative estimate of drug-likeness (QED) is 0.805. The van der Waals surface area contributed by atoms with Gasteiger partial charge in [-0.1, -0.05) is 18.2 Å². The van der Waals surface area contributed by atoms with Crippen LogP contribution in [-0.2, 0) is 4.74 Å². The molecule has 5 nitrogen and oxygen atoms in total. The second-order valence-electron chi connectivity index (χ2n) is 5.82. The van der Waals surface area contributed by atoms with E-state index in [0.29, 0.717) is 32.0 Å². The van der Waals surface area contributed by atoms with Gasteiger partial charge in [0.25, 0.3) is 0 Å². The summed E-state index contributed by atoms with van der Waals surface area (Å²) in [5.41, 5.74) is 1.54. The highest BCUT2D eigenvalue weighted by Crippen LogP contribution is 2.36. The van der Waals surface area contributed by atoms with Crippen LogP contribution in [0.1, 0.15) is 17.5 Å². The third-order valence-corrected chi connectivity index (χ3v) is 3.97. The predicted molar refractivity (Wildman–Crippen MR) is 87.9 cm³/mol. The molecule has 26 heavy (non-hydrogen) atoms. The standard InChI is InChI=1S/C18H19F3N2O3/c1-13-5-4-8-22-16(13)17(23-9-11-24-12-10-23)25-14-6-2-3-7-15(14)26-18(19,20)21/h2-8,17H,9-12H2,1H3/t17-/m0/s1. The van der Waals surface area contributed by atoms with Gasteiger partial charge in [-0.05, 0) is 30.7 Å². The number of halogens is 3. The van der Waals surface area contributed by atoms with E-state index in [1.165, 1.54) is 18.2 Å². The summed E-state index contributed by atoms with van der Waals surface area (Å²) in [6.45, 7) is 4.10. The number of para-hydroxylation sites is 2. The zero-order valence-corrected chi connectivity index (χ0v) is 14.2. The summed E-state index contributed by atoms with van der Waals surface area (Å²) in [5.74, 6) is -0.377. The van der Waals surface area contributed by atoms with E-state index in [0.717, 1.165) is 5.56 Å². The molecule has 1 fully saturated rings. The second-order valence-corrected chi connectivity index (χ2v) is 5.82. The summed E-state index contributed by atoms with van der Waals surface area (Å²) in [6.07, 6.45) is -3.80. The fourth-order valence-electron chi connectivity index (χ4n) is 2.75. The Labute approximate surface area is 149 Å². The van der Waals surface area contributed by atoms with Crippen LogP contribution in [0.15, 0.2) is 42.6 Å². The first-order valence-electron chi connectivity index (χ1n) is 8.19. The van der Waals surface area contributed by atoms with Gasteiger partial charge in [-0.3, -0.25) is 9.88 Å². The molecule has 140 valence electrons. The van der Waals surface area contributed by atoms with Gasteiger partial charge in [-0.25, -0.2) is 0 Å². The first-order chi connectivity index (χ1) is 12.4. The third kappa shape index (κ3) is 4.64. The van der Waals surface area contributed by atoms with Crippen molar-refractivity contribution in [3.63, 3.8) is 0 Å². The van der Waals surface area contributed by atoms with Crippen LogP contribution in [0.2, 0.25) is 0 Å². The number of benzene rings is 1. The van der Waals surface area contributed by atoms with Crippen molar-refractivity contribution in [2.45, 2.75) is 19.5 Å². The molecule has 0 radical (unpaired) electrons. The molecule has 0 unspecified atom stereocenters. The molecule has 1 aromatic carbocycles. The third-order valence-electron chi connectivity index (χ3n) is 3.97. The number of rotatable bonds is 5. The number of hydrogen-bond donors (Lipinski definition) is 0. The lowest BCUT2D eigenvalue weighted by Crippen LogP contribution is -2.42. The molecule has 1 aromatic heterocycles. The van der Waals surface area contributed by atoms with Crippen molar-refractivity contribution in [2.24, 2.45) is 0 Å². The first-order valence-corrected chi connectivity index (χ1v) is 8.19. The molecule has 1 aliphatic heterocycles. The highest BCUT2D eigenvalue weighted by atomic mass is 19.4. The molecule has 1 saturated heterocycles. The topological polar surface area (TPSA) is 43.8 Å². The van der Waals surface area contributed by atoms with Crippen LogP contribution in [0.5, 0.6) is 11.5 Å².